The highest BCUT2D eigenvalue weighted by atomic mass is 16.6. The minimum atomic E-state index is -0.379. The number of aryl methyl sites for hydroxylation is 1. The summed E-state index contributed by atoms with van der Waals surface area (Å²) in [6.07, 6.45) is 2.82. The summed E-state index contributed by atoms with van der Waals surface area (Å²) in [7, 11) is 0. The van der Waals surface area contributed by atoms with Crippen LogP contribution in [0, 0.1) is 6.92 Å². The van der Waals surface area contributed by atoms with E-state index in [4.69, 9.17) is 24.1 Å². The third-order valence-corrected chi connectivity index (χ3v) is 4.70. The molecular formula is C26H28O6. The zero-order valence-electron chi connectivity index (χ0n) is 18.2. The first kappa shape index (κ1) is 23.2. The van der Waals surface area contributed by atoms with Crippen LogP contribution in [0.15, 0.2) is 72.8 Å². The number of ether oxygens (including phenoxy) is 4. The predicted molar refractivity (Wildman–Crippen MR) is 122 cm³/mol. The van der Waals surface area contributed by atoms with Gasteiger partial charge < -0.3 is 24.1 Å². The lowest BCUT2D eigenvalue weighted by atomic mass is 10.1. The molecule has 0 bridgehead atoms. The van der Waals surface area contributed by atoms with Gasteiger partial charge in [0.25, 0.3) is 0 Å². The van der Waals surface area contributed by atoms with E-state index in [-0.39, 0.29) is 12.8 Å². The number of carbonyl (C=O) groups is 1. The molecule has 6 heteroatoms. The molecule has 3 rings (SSSR count). The molecule has 0 unspecified atom stereocenters. The molecule has 168 valence electrons. The molecule has 0 aliphatic heterocycles. The number of unbranched alkanes of at least 4 members (excludes halogenated alkanes) is 2. The van der Waals surface area contributed by atoms with Gasteiger partial charge in [0.2, 0.25) is 0 Å². The largest absolute Gasteiger partial charge is 0.494 e. The first-order valence-corrected chi connectivity index (χ1v) is 10.6. The highest BCUT2D eigenvalue weighted by molar-refractivity contribution is 5.91. The Labute approximate surface area is 188 Å². The van der Waals surface area contributed by atoms with Crippen molar-refractivity contribution in [1.82, 2.24) is 0 Å². The molecule has 0 saturated carbocycles. The lowest BCUT2D eigenvalue weighted by Crippen LogP contribution is -2.08. The highest BCUT2D eigenvalue weighted by Gasteiger charge is 2.08. The van der Waals surface area contributed by atoms with Crippen molar-refractivity contribution in [3.05, 3.63) is 83.9 Å². The van der Waals surface area contributed by atoms with Crippen molar-refractivity contribution in [2.45, 2.75) is 26.2 Å². The van der Waals surface area contributed by atoms with Crippen molar-refractivity contribution in [1.29, 1.82) is 0 Å². The van der Waals surface area contributed by atoms with Crippen molar-refractivity contribution >= 4 is 5.97 Å². The number of benzene rings is 3. The molecule has 0 radical (unpaired) electrons. The summed E-state index contributed by atoms with van der Waals surface area (Å²) in [5.41, 5.74) is 1.61. The Kier molecular flexibility index (Phi) is 8.95. The van der Waals surface area contributed by atoms with Crippen LogP contribution in [0.3, 0.4) is 0 Å². The van der Waals surface area contributed by atoms with Gasteiger partial charge in [-0.2, -0.15) is 0 Å². The van der Waals surface area contributed by atoms with Crippen molar-refractivity contribution in [3.63, 3.8) is 0 Å². The molecule has 3 aromatic rings. The number of aliphatic hydroxyl groups excluding tert-OH is 1. The highest BCUT2D eigenvalue weighted by Crippen LogP contribution is 2.20. The number of carbonyl (C=O) groups excluding carboxylic acids is 1. The quantitative estimate of drug-likeness (QED) is 0.183. The van der Waals surface area contributed by atoms with E-state index in [0.717, 1.165) is 36.3 Å². The summed E-state index contributed by atoms with van der Waals surface area (Å²) in [5.74, 6) is 2.22. The van der Waals surface area contributed by atoms with Gasteiger partial charge >= 0.3 is 5.97 Å². The molecule has 0 heterocycles. The molecule has 0 spiro atoms. The van der Waals surface area contributed by atoms with Gasteiger partial charge in [0.1, 0.15) is 23.0 Å². The zero-order valence-corrected chi connectivity index (χ0v) is 18.2. The molecule has 0 fully saturated rings. The van der Waals surface area contributed by atoms with Crippen LogP contribution in [0.1, 0.15) is 35.2 Å². The summed E-state index contributed by atoms with van der Waals surface area (Å²) in [4.78, 5) is 12.2. The van der Waals surface area contributed by atoms with Gasteiger partial charge in [-0.25, -0.2) is 4.79 Å². The molecule has 0 amide bonds. The standard InChI is InChI=1S/C26H28O6/c1-20-5-7-21(8-6-20)26(28)32-25-15-13-23(14-16-25)30-18-4-2-3-17-29-22-9-11-24(12-10-22)31-19-27/h5-16,27H,2-4,17-19H2,1H3. The van der Waals surface area contributed by atoms with Crippen LogP contribution in [0.5, 0.6) is 23.0 Å². The number of aliphatic hydroxyl groups is 1. The molecular weight excluding hydrogens is 408 g/mol. The summed E-state index contributed by atoms with van der Waals surface area (Å²) in [5, 5.41) is 8.71. The fourth-order valence-corrected chi connectivity index (χ4v) is 2.93. The first-order valence-electron chi connectivity index (χ1n) is 10.6. The maximum Gasteiger partial charge on any atom is 0.343 e. The fraction of sp³-hybridized carbons (Fsp3) is 0.269. The van der Waals surface area contributed by atoms with Crippen LogP contribution in [-0.4, -0.2) is 31.1 Å². The topological polar surface area (TPSA) is 74.2 Å². The molecule has 0 saturated heterocycles. The van der Waals surface area contributed by atoms with Crippen LogP contribution in [0.2, 0.25) is 0 Å². The Hall–Kier alpha value is -3.51. The Bertz CT molecular complexity index is 949. The van der Waals surface area contributed by atoms with Crippen molar-refractivity contribution < 1.29 is 28.8 Å². The van der Waals surface area contributed by atoms with Crippen molar-refractivity contribution in [2.75, 3.05) is 20.0 Å². The summed E-state index contributed by atoms with van der Waals surface area (Å²) >= 11 is 0. The Morgan fingerprint density at radius 2 is 1.12 bits per heavy atom. The maximum atomic E-state index is 12.2. The average molecular weight is 437 g/mol. The molecule has 0 aliphatic rings. The van der Waals surface area contributed by atoms with Crippen LogP contribution in [0.4, 0.5) is 0 Å². The lowest BCUT2D eigenvalue weighted by molar-refractivity contribution is 0.0734. The van der Waals surface area contributed by atoms with E-state index in [2.05, 4.69) is 0 Å². The van der Waals surface area contributed by atoms with E-state index in [9.17, 15) is 4.79 Å². The summed E-state index contributed by atoms with van der Waals surface area (Å²) in [6, 6.07) is 21.5. The van der Waals surface area contributed by atoms with E-state index >= 15 is 0 Å². The van der Waals surface area contributed by atoms with Gasteiger partial charge in [-0.3, -0.25) is 0 Å². The van der Waals surface area contributed by atoms with Crippen LogP contribution < -0.4 is 18.9 Å². The molecule has 1 N–H and O–H groups in total. The molecule has 6 nitrogen and oxygen atoms in total. The molecule has 3 aromatic carbocycles. The number of rotatable bonds is 12. The Morgan fingerprint density at radius 3 is 1.62 bits per heavy atom. The molecule has 0 aromatic heterocycles. The van der Waals surface area contributed by atoms with E-state index < -0.39 is 0 Å². The smallest absolute Gasteiger partial charge is 0.343 e. The van der Waals surface area contributed by atoms with Crippen molar-refractivity contribution in [3.8, 4) is 23.0 Å². The van der Waals surface area contributed by atoms with E-state index in [1.165, 1.54) is 0 Å². The zero-order chi connectivity index (χ0) is 22.6. The molecule has 0 aliphatic carbocycles. The van der Waals surface area contributed by atoms with Crippen LogP contribution >= 0.6 is 0 Å². The van der Waals surface area contributed by atoms with Gasteiger partial charge in [-0.15, -0.1) is 0 Å². The minimum absolute atomic E-state index is 0.339. The van der Waals surface area contributed by atoms with Gasteiger partial charge in [0.15, 0.2) is 6.79 Å². The van der Waals surface area contributed by atoms with Crippen LogP contribution in [-0.2, 0) is 0 Å². The summed E-state index contributed by atoms with van der Waals surface area (Å²) < 4.78 is 21.8. The fourth-order valence-electron chi connectivity index (χ4n) is 2.93. The second-order valence-electron chi connectivity index (χ2n) is 7.23. The lowest BCUT2D eigenvalue weighted by Gasteiger charge is -2.09. The summed E-state index contributed by atoms with van der Waals surface area (Å²) in [6.45, 7) is 2.86. The number of hydrogen-bond acceptors (Lipinski definition) is 6. The van der Waals surface area contributed by atoms with E-state index in [0.29, 0.717) is 30.3 Å². The van der Waals surface area contributed by atoms with Crippen molar-refractivity contribution in [2.24, 2.45) is 0 Å². The van der Waals surface area contributed by atoms with Gasteiger partial charge in [0.05, 0.1) is 18.8 Å². The number of esters is 1. The molecule has 0 atom stereocenters. The van der Waals surface area contributed by atoms with Gasteiger partial charge in [0, 0.05) is 0 Å². The van der Waals surface area contributed by atoms with E-state index in [1.54, 1.807) is 48.5 Å². The predicted octanol–water partition coefficient (Wildman–Crippen LogP) is 5.17. The third-order valence-electron chi connectivity index (χ3n) is 4.70. The second kappa shape index (κ2) is 12.4. The Balaban J connectivity index is 1.29. The number of hydrogen-bond donors (Lipinski definition) is 1. The second-order valence-corrected chi connectivity index (χ2v) is 7.23. The first-order chi connectivity index (χ1) is 15.6. The normalized spacial score (nSPS) is 10.4. The average Bonchev–Trinajstić information content (AvgIpc) is 2.81. The van der Waals surface area contributed by atoms with E-state index in [1.807, 2.05) is 31.2 Å². The van der Waals surface area contributed by atoms with Gasteiger partial charge in [-0.1, -0.05) is 17.7 Å². The Morgan fingerprint density at radius 1 is 0.656 bits per heavy atom. The van der Waals surface area contributed by atoms with Gasteiger partial charge in [-0.05, 0) is 86.8 Å². The monoisotopic (exact) mass is 436 g/mol. The van der Waals surface area contributed by atoms with Crippen LogP contribution in [0.25, 0.3) is 0 Å². The molecule has 32 heavy (non-hydrogen) atoms. The third kappa shape index (κ3) is 7.63. The minimum Gasteiger partial charge on any atom is -0.494 e. The SMILES string of the molecule is Cc1ccc(C(=O)Oc2ccc(OCCCCCOc3ccc(OCO)cc3)cc2)cc1. The maximum absolute atomic E-state index is 12.2.